The fourth-order valence-corrected chi connectivity index (χ4v) is 1.54. The van der Waals surface area contributed by atoms with E-state index < -0.39 is 16.3 Å². The van der Waals surface area contributed by atoms with Crippen molar-refractivity contribution < 1.29 is 17.9 Å². The van der Waals surface area contributed by atoms with Crippen molar-refractivity contribution in [2.24, 2.45) is 4.40 Å². The minimum absolute atomic E-state index is 0.114. The van der Waals surface area contributed by atoms with Crippen LogP contribution in [0.4, 0.5) is 4.79 Å². The Balaban J connectivity index is 3.15. The molecule has 0 aliphatic carbocycles. The molecule has 0 atom stereocenters. The molecule has 18 heavy (non-hydrogen) atoms. The Kier molecular flexibility index (Phi) is 4.81. The van der Waals surface area contributed by atoms with Crippen LogP contribution >= 0.6 is 0 Å². The number of rotatable bonds is 3. The third-order valence-electron chi connectivity index (χ3n) is 1.92. The minimum Gasteiger partial charge on any atom is -0.453 e. The number of hydrogen-bond acceptors (Lipinski definition) is 4. The molecule has 0 saturated heterocycles. The van der Waals surface area contributed by atoms with Gasteiger partial charge in [0.25, 0.3) is 0 Å². The Labute approximate surface area is 105 Å². The quantitative estimate of drug-likeness (QED) is 0.608. The van der Waals surface area contributed by atoms with E-state index in [2.05, 4.69) is 14.5 Å². The first-order valence-corrected chi connectivity index (χ1v) is 6.36. The summed E-state index contributed by atoms with van der Waals surface area (Å²) in [6.07, 6.45) is -0.802. The Hall–Kier alpha value is -1.93. The van der Waals surface area contributed by atoms with Crippen LogP contribution in [-0.4, -0.2) is 34.5 Å². The van der Waals surface area contributed by atoms with Crippen LogP contribution in [0.2, 0.25) is 0 Å². The van der Waals surface area contributed by atoms with Crippen LogP contribution in [0.3, 0.4) is 0 Å². The number of hydrogen-bond donors (Lipinski definition) is 2. The lowest BCUT2D eigenvalue weighted by atomic mass is 10.2. The predicted octanol–water partition coefficient (Wildman–Crippen LogP) is 0.253. The third-order valence-corrected chi connectivity index (χ3v) is 2.86. The SMILES string of the molecule is CNS(=O)(=O)/N=C(/NC(=O)OC)c1ccccc1. The Morgan fingerprint density at radius 3 is 2.39 bits per heavy atom. The van der Waals surface area contributed by atoms with E-state index in [0.717, 1.165) is 0 Å². The summed E-state index contributed by atoms with van der Waals surface area (Å²) in [6, 6.07) is 8.36. The van der Waals surface area contributed by atoms with Gasteiger partial charge in [0.15, 0.2) is 5.84 Å². The van der Waals surface area contributed by atoms with Crippen molar-refractivity contribution in [1.82, 2.24) is 10.0 Å². The topological polar surface area (TPSA) is 96.9 Å². The number of amides is 1. The van der Waals surface area contributed by atoms with Crippen LogP contribution in [-0.2, 0) is 14.9 Å². The first kappa shape index (κ1) is 14.1. The van der Waals surface area contributed by atoms with Gasteiger partial charge in [0, 0.05) is 12.6 Å². The molecule has 1 rings (SSSR count). The molecule has 0 aliphatic rings. The van der Waals surface area contributed by atoms with E-state index in [-0.39, 0.29) is 5.84 Å². The van der Waals surface area contributed by atoms with Crippen molar-refractivity contribution in [2.75, 3.05) is 14.2 Å². The summed E-state index contributed by atoms with van der Waals surface area (Å²) in [4.78, 5) is 11.1. The molecule has 0 radical (unpaired) electrons. The van der Waals surface area contributed by atoms with E-state index in [1.54, 1.807) is 30.3 Å². The minimum atomic E-state index is -3.85. The summed E-state index contributed by atoms with van der Waals surface area (Å²) in [6.45, 7) is 0. The van der Waals surface area contributed by atoms with Gasteiger partial charge in [-0.3, -0.25) is 5.32 Å². The molecule has 1 aromatic rings. The molecule has 8 heteroatoms. The Morgan fingerprint density at radius 1 is 1.28 bits per heavy atom. The van der Waals surface area contributed by atoms with E-state index in [4.69, 9.17) is 0 Å². The van der Waals surface area contributed by atoms with Crippen LogP contribution in [0, 0.1) is 0 Å². The van der Waals surface area contributed by atoms with E-state index >= 15 is 0 Å². The number of alkyl carbamates (subject to hydrolysis) is 1. The molecule has 1 aromatic carbocycles. The number of nitrogens with zero attached hydrogens (tertiary/aromatic N) is 1. The zero-order valence-corrected chi connectivity index (χ0v) is 10.7. The molecule has 0 aromatic heterocycles. The van der Waals surface area contributed by atoms with Gasteiger partial charge in [-0.2, -0.15) is 13.1 Å². The second-order valence-electron chi connectivity index (χ2n) is 3.10. The monoisotopic (exact) mass is 271 g/mol. The average Bonchev–Trinajstić information content (AvgIpc) is 2.38. The average molecular weight is 271 g/mol. The zero-order valence-electron chi connectivity index (χ0n) is 9.88. The first-order valence-electron chi connectivity index (χ1n) is 4.92. The number of methoxy groups -OCH3 is 1. The normalized spacial score (nSPS) is 12.0. The van der Waals surface area contributed by atoms with Crippen molar-refractivity contribution in [2.45, 2.75) is 0 Å². The summed E-state index contributed by atoms with van der Waals surface area (Å²) in [5, 5.41) is 2.24. The van der Waals surface area contributed by atoms with Crippen molar-refractivity contribution in [3.05, 3.63) is 35.9 Å². The number of ether oxygens (including phenoxy) is 1. The van der Waals surface area contributed by atoms with Crippen molar-refractivity contribution in [3.8, 4) is 0 Å². The molecule has 0 spiro atoms. The maximum Gasteiger partial charge on any atom is 0.412 e. The van der Waals surface area contributed by atoms with Gasteiger partial charge < -0.3 is 4.74 Å². The fraction of sp³-hybridized carbons (Fsp3) is 0.200. The maximum atomic E-state index is 11.4. The van der Waals surface area contributed by atoms with Gasteiger partial charge in [-0.1, -0.05) is 30.3 Å². The third kappa shape index (κ3) is 4.15. The molecule has 98 valence electrons. The standard InChI is InChI=1S/C10H13N3O4S/c1-11-18(15,16)13-9(12-10(14)17-2)8-6-4-3-5-7-8/h3-7,11H,1-2H3,(H,12,13,14). The van der Waals surface area contributed by atoms with Gasteiger partial charge >= 0.3 is 16.3 Å². The summed E-state index contributed by atoms with van der Waals surface area (Å²) >= 11 is 0. The highest BCUT2D eigenvalue weighted by molar-refractivity contribution is 7.88. The summed E-state index contributed by atoms with van der Waals surface area (Å²) in [7, 11) is -1.46. The van der Waals surface area contributed by atoms with Crippen LogP contribution in [0.15, 0.2) is 34.7 Å². The number of benzene rings is 1. The van der Waals surface area contributed by atoms with Crippen LogP contribution in [0.25, 0.3) is 0 Å². The van der Waals surface area contributed by atoms with E-state index in [1.807, 2.05) is 4.72 Å². The Bertz CT molecular complexity index is 540. The highest BCUT2D eigenvalue weighted by Gasteiger charge is 2.12. The van der Waals surface area contributed by atoms with Crippen molar-refractivity contribution in [1.29, 1.82) is 0 Å². The van der Waals surface area contributed by atoms with E-state index in [0.29, 0.717) is 5.56 Å². The van der Waals surface area contributed by atoms with Crippen LogP contribution < -0.4 is 10.0 Å². The highest BCUT2D eigenvalue weighted by atomic mass is 32.2. The molecule has 0 heterocycles. The highest BCUT2D eigenvalue weighted by Crippen LogP contribution is 2.01. The van der Waals surface area contributed by atoms with Crippen molar-refractivity contribution >= 4 is 22.1 Å². The lowest BCUT2D eigenvalue weighted by Gasteiger charge is -2.07. The first-order chi connectivity index (χ1) is 8.48. The van der Waals surface area contributed by atoms with Gasteiger partial charge in [-0.05, 0) is 0 Å². The van der Waals surface area contributed by atoms with Gasteiger partial charge in [0.2, 0.25) is 0 Å². The maximum absolute atomic E-state index is 11.4. The molecule has 2 N–H and O–H groups in total. The lowest BCUT2D eigenvalue weighted by Crippen LogP contribution is -2.33. The van der Waals surface area contributed by atoms with Gasteiger partial charge in [0.1, 0.15) is 0 Å². The largest absolute Gasteiger partial charge is 0.453 e. The second-order valence-corrected chi connectivity index (χ2v) is 4.64. The van der Waals surface area contributed by atoms with Gasteiger partial charge in [-0.25, -0.2) is 4.79 Å². The molecule has 0 saturated carbocycles. The van der Waals surface area contributed by atoms with Gasteiger partial charge in [0.05, 0.1) is 7.11 Å². The smallest absolute Gasteiger partial charge is 0.412 e. The number of amidine groups is 1. The number of carbonyl (C=O) groups excluding carboxylic acids is 1. The molecular weight excluding hydrogens is 258 g/mol. The molecule has 7 nitrogen and oxygen atoms in total. The number of nitrogens with one attached hydrogen (secondary N) is 2. The van der Waals surface area contributed by atoms with E-state index in [1.165, 1.54) is 14.2 Å². The molecular formula is C10H13N3O4S. The summed E-state index contributed by atoms with van der Waals surface area (Å²) < 4.78 is 32.6. The zero-order chi connectivity index (χ0) is 13.6. The fourth-order valence-electron chi connectivity index (χ4n) is 1.06. The molecule has 1 amide bonds. The predicted molar refractivity (Wildman–Crippen MR) is 66.5 cm³/mol. The van der Waals surface area contributed by atoms with Gasteiger partial charge in [-0.15, -0.1) is 4.40 Å². The molecule has 0 fully saturated rings. The summed E-state index contributed by atoms with van der Waals surface area (Å²) in [5.74, 6) is -0.114. The Morgan fingerprint density at radius 2 is 1.89 bits per heavy atom. The van der Waals surface area contributed by atoms with Crippen LogP contribution in [0.1, 0.15) is 5.56 Å². The van der Waals surface area contributed by atoms with Crippen molar-refractivity contribution in [3.63, 3.8) is 0 Å². The number of carbonyl (C=O) groups is 1. The summed E-state index contributed by atoms with van der Waals surface area (Å²) in [5.41, 5.74) is 0.446. The lowest BCUT2D eigenvalue weighted by molar-refractivity contribution is 0.177. The van der Waals surface area contributed by atoms with Crippen LogP contribution in [0.5, 0.6) is 0 Å². The molecule has 0 unspecified atom stereocenters. The van der Waals surface area contributed by atoms with E-state index in [9.17, 15) is 13.2 Å². The molecule has 0 bridgehead atoms. The molecule has 0 aliphatic heterocycles. The second kappa shape index (κ2) is 6.12.